The highest BCUT2D eigenvalue weighted by Gasteiger charge is 2.16. The Morgan fingerprint density at radius 3 is 2.57 bits per heavy atom. The number of fused-ring (bicyclic) bond motifs is 1. The van der Waals surface area contributed by atoms with Crippen LogP contribution in [0.3, 0.4) is 0 Å². The van der Waals surface area contributed by atoms with E-state index >= 15 is 0 Å². The average Bonchev–Trinajstić information content (AvgIpc) is 2.82. The van der Waals surface area contributed by atoms with E-state index in [2.05, 4.69) is 57.8 Å². The van der Waals surface area contributed by atoms with Crippen molar-refractivity contribution >= 4 is 38.6 Å². The lowest BCUT2D eigenvalue weighted by molar-refractivity contribution is 0.741. The largest absolute Gasteiger partial charge is 0.322 e. The molecule has 1 atom stereocenters. The molecule has 0 aliphatic carbocycles. The molecule has 2 nitrogen and oxygen atoms in total. The first-order chi connectivity index (χ1) is 10.1. The van der Waals surface area contributed by atoms with Gasteiger partial charge in [0.05, 0.1) is 16.4 Å². The molecule has 1 aromatic heterocycles. The highest BCUT2D eigenvalue weighted by Crippen LogP contribution is 2.27. The van der Waals surface area contributed by atoms with Gasteiger partial charge in [0, 0.05) is 11.0 Å². The monoisotopic (exact) mass is 362 g/mol. The van der Waals surface area contributed by atoms with Crippen LogP contribution in [0, 0.1) is 6.92 Å². The lowest BCUT2D eigenvalue weighted by Gasteiger charge is -2.12. The van der Waals surface area contributed by atoms with Crippen molar-refractivity contribution in [2.75, 3.05) is 0 Å². The molecule has 0 saturated carbocycles. The normalized spacial score (nSPS) is 12.8. The first-order valence-electron chi connectivity index (χ1n) is 6.90. The number of rotatable bonds is 3. The molecule has 3 rings (SSSR count). The van der Waals surface area contributed by atoms with Crippen molar-refractivity contribution in [1.82, 2.24) is 9.55 Å². The van der Waals surface area contributed by atoms with Crippen LogP contribution in [0.5, 0.6) is 0 Å². The van der Waals surface area contributed by atoms with Gasteiger partial charge in [-0.15, -0.1) is 11.6 Å². The van der Waals surface area contributed by atoms with Crippen LogP contribution in [-0.4, -0.2) is 9.55 Å². The fraction of sp³-hybridized carbons (Fsp3) is 0.235. The zero-order valence-electron chi connectivity index (χ0n) is 12.0. The summed E-state index contributed by atoms with van der Waals surface area (Å²) in [6.45, 7) is 4.86. The standard InChI is InChI=1S/C17H16BrClN2/c1-11-4-3-5-15-16(11)21(17(20-15)12(2)19)10-13-6-8-14(18)9-7-13/h3-9,12H,10H2,1-2H3. The molecule has 21 heavy (non-hydrogen) atoms. The Balaban J connectivity index is 2.15. The molecule has 0 fully saturated rings. The SMILES string of the molecule is Cc1cccc2nc(C(C)Cl)n(Cc3ccc(Br)cc3)c12. The van der Waals surface area contributed by atoms with Crippen LogP contribution in [-0.2, 0) is 6.54 Å². The minimum Gasteiger partial charge on any atom is -0.322 e. The minimum absolute atomic E-state index is 0.118. The van der Waals surface area contributed by atoms with Crippen molar-refractivity contribution < 1.29 is 0 Å². The molecule has 1 unspecified atom stereocenters. The first-order valence-corrected chi connectivity index (χ1v) is 8.13. The molecule has 0 radical (unpaired) electrons. The van der Waals surface area contributed by atoms with Gasteiger partial charge in [-0.2, -0.15) is 0 Å². The minimum atomic E-state index is -0.118. The molecule has 0 amide bonds. The molecule has 0 aliphatic rings. The van der Waals surface area contributed by atoms with E-state index in [4.69, 9.17) is 16.6 Å². The Hall–Kier alpha value is -1.32. The molecule has 4 heteroatoms. The molecule has 3 aromatic rings. The van der Waals surface area contributed by atoms with Crippen molar-refractivity contribution in [3.63, 3.8) is 0 Å². The maximum absolute atomic E-state index is 6.33. The summed E-state index contributed by atoms with van der Waals surface area (Å²) in [5.41, 5.74) is 4.64. The molecular weight excluding hydrogens is 348 g/mol. The quantitative estimate of drug-likeness (QED) is 0.565. The van der Waals surface area contributed by atoms with Gasteiger partial charge in [0.1, 0.15) is 5.82 Å². The summed E-state index contributed by atoms with van der Waals surface area (Å²) in [6, 6.07) is 14.6. The van der Waals surface area contributed by atoms with Gasteiger partial charge >= 0.3 is 0 Å². The van der Waals surface area contributed by atoms with Crippen LogP contribution in [0.1, 0.15) is 29.3 Å². The summed E-state index contributed by atoms with van der Waals surface area (Å²) in [7, 11) is 0. The fourth-order valence-electron chi connectivity index (χ4n) is 2.62. The van der Waals surface area contributed by atoms with E-state index < -0.39 is 0 Å². The Bertz CT molecular complexity index is 775. The van der Waals surface area contributed by atoms with E-state index in [1.807, 2.05) is 19.1 Å². The molecule has 0 spiro atoms. The number of alkyl halides is 1. The van der Waals surface area contributed by atoms with Gasteiger partial charge < -0.3 is 4.57 Å². The lowest BCUT2D eigenvalue weighted by atomic mass is 10.2. The second-order valence-electron chi connectivity index (χ2n) is 5.24. The molecule has 2 aromatic carbocycles. The molecule has 0 aliphatic heterocycles. The highest BCUT2D eigenvalue weighted by atomic mass is 79.9. The van der Waals surface area contributed by atoms with Crippen LogP contribution in [0.15, 0.2) is 46.9 Å². The van der Waals surface area contributed by atoms with Crippen molar-refractivity contribution in [1.29, 1.82) is 0 Å². The van der Waals surface area contributed by atoms with Crippen LogP contribution in [0.25, 0.3) is 11.0 Å². The summed E-state index contributed by atoms with van der Waals surface area (Å²) in [5, 5.41) is -0.118. The Labute approximate surface area is 137 Å². The van der Waals surface area contributed by atoms with Crippen LogP contribution in [0.2, 0.25) is 0 Å². The first kappa shape index (κ1) is 14.6. The smallest absolute Gasteiger partial charge is 0.128 e. The number of para-hydroxylation sites is 1. The summed E-state index contributed by atoms with van der Waals surface area (Å²) in [6.07, 6.45) is 0. The Kier molecular flexibility index (Phi) is 4.05. The van der Waals surface area contributed by atoms with Crippen LogP contribution < -0.4 is 0 Å². The summed E-state index contributed by atoms with van der Waals surface area (Å²) in [4.78, 5) is 4.71. The van der Waals surface area contributed by atoms with Crippen LogP contribution >= 0.6 is 27.5 Å². The van der Waals surface area contributed by atoms with Crippen molar-refractivity contribution in [2.24, 2.45) is 0 Å². The second kappa shape index (κ2) is 5.82. The molecule has 0 N–H and O–H groups in total. The summed E-state index contributed by atoms with van der Waals surface area (Å²) >= 11 is 9.80. The van der Waals surface area contributed by atoms with Gasteiger partial charge in [-0.05, 0) is 43.2 Å². The third kappa shape index (κ3) is 2.85. The van der Waals surface area contributed by atoms with E-state index in [0.29, 0.717) is 0 Å². The van der Waals surface area contributed by atoms with Gasteiger partial charge in [-0.3, -0.25) is 0 Å². The van der Waals surface area contributed by atoms with Crippen LogP contribution in [0.4, 0.5) is 0 Å². The second-order valence-corrected chi connectivity index (χ2v) is 6.81. The lowest BCUT2D eigenvalue weighted by Crippen LogP contribution is -2.06. The highest BCUT2D eigenvalue weighted by molar-refractivity contribution is 9.10. The van der Waals surface area contributed by atoms with E-state index in [1.54, 1.807) is 0 Å². The topological polar surface area (TPSA) is 17.8 Å². The van der Waals surface area contributed by atoms with Crippen molar-refractivity contribution in [3.05, 3.63) is 63.9 Å². The van der Waals surface area contributed by atoms with Gasteiger partial charge in [0.25, 0.3) is 0 Å². The van der Waals surface area contributed by atoms with Gasteiger partial charge in [-0.25, -0.2) is 4.98 Å². The number of hydrogen-bond acceptors (Lipinski definition) is 1. The predicted octanol–water partition coefficient (Wildman–Crippen LogP) is 5.46. The molecular formula is C17H16BrClN2. The maximum Gasteiger partial charge on any atom is 0.128 e. The van der Waals surface area contributed by atoms with E-state index in [9.17, 15) is 0 Å². The number of benzene rings is 2. The van der Waals surface area contributed by atoms with Crippen molar-refractivity contribution in [2.45, 2.75) is 25.8 Å². The Morgan fingerprint density at radius 2 is 1.90 bits per heavy atom. The van der Waals surface area contributed by atoms with E-state index in [0.717, 1.165) is 22.4 Å². The number of halogens is 2. The number of aromatic nitrogens is 2. The molecule has 1 heterocycles. The molecule has 108 valence electrons. The molecule has 0 saturated heterocycles. The third-order valence-electron chi connectivity index (χ3n) is 3.61. The average molecular weight is 364 g/mol. The van der Waals surface area contributed by atoms with Gasteiger partial charge in [0.15, 0.2) is 0 Å². The van der Waals surface area contributed by atoms with E-state index in [-0.39, 0.29) is 5.38 Å². The zero-order chi connectivity index (χ0) is 15.0. The predicted molar refractivity (Wildman–Crippen MR) is 92.0 cm³/mol. The van der Waals surface area contributed by atoms with Crippen molar-refractivity contribution in [3.8, 4) is 0 Å². The Morgan fingerprint density at radius 1 is 1.19 bits per heavy atom. The van der Waals surface area contributed by atoms with Gasteiger partial charge in [-0.1, -0.05) is 40.2 Å². The maximum atomic E-state index is 6.33. The van der Waals surface area contributed by atoms with E-state index in [1.165, 1.54) is 16.6 Å². The third-order valence-corrected chi connectivity index (χ3v) is 4.33. The molecule has 0 bridgehead atoms. The number of aryl methyl sites for hydroxylation is 1. The number of nitrogens with zero attached hydrogens (tertiary/aromatic N) is 2. The summed E-state index contributed by atoms with van der Waals surface area (Å²) in [5.74, 6) is 0.920. The fourth-order valence-corrected chi connectivity index (χ4v) is 3.05. The van der Waals surface area contributed by atoms with Gasteiger partial charge in [0.2, 0.25) is 0 Å². The number of imidazole rings is 1. The summed E-state index contributed by atoms with van der Waals surface area (Å²) < 4.78 is 3.31. The number of hydrogen-bond donors (Lipinski definition) is 0. The zero-order valence-corrected chi connectivity index (χ0v) is 14.3.